The fourth-order valence-electron chi connectivity index (χ4n) is 1.73. The standard InChI is InChI=1S/C12H15BrN2O2/c1-17-8-7-15(9-4-5-9)12(16)10-3-2-6-14-11(10)13/h2-3,6,9H,4-5,7-8H2,1H3. The number of carbonyl (C=O) groups is 1. The number of halogens is 1. The van der Waals surface area contributed by atoms with Crippen LogP contribution in [0.15, 0.2) is 22.9 Å². The number of nitrogens with zero attached hydrogens (tertiary/aromatic N) is 2. The van der Waals surface area contributed by atoms with Gasteiger partial charge in [-0.3, -0.25) is 4.79 Å². The van der Waals surface area contributed by atoms with E-state index in [4.69, 9.17) is 4.74 Å². The molecule has 1 aliphatic rings. The first-order chi connectivity index (χ1) is 8.24. The molecule has 92 valence electrons. The number of pyridine rings is 1. The van der Waals surface area contributed by atoms with Crippen LogP contribution in [0.3, 0.4) is 0 Å². The van der Waals surface area contributed by atoms with Gasteiger partial charge in [-0.05, 0) is 40.9 Å². The molecule has 0 bridgehead atoms. The van der Waals surface area contributed by atoms with E-state index in [1.165, 1.54) is 0 Å². The molecule has 2 rings (SSSR count). The van der Waals surface area contributed by atoms with Crippen LogP contribution in [0, 0.1) is 0 Å². The van der Waals surface area contributed by atoms with Gasteiger partial charge in [0.15, 0.2) is 0 Å². The molecule has 1 aromatic rings. The average molecular weight is 299 g/mol. The third kappa shape index (κ3) is 3.04. The number of hydrogen-bond acceptors (Lipinski definition) is 3. The number of ether oxygens (including phenoxy) is 1. The monoisotopic (exact) mass is 298 g/mol. The molecule has 1 aliphatic carbocycles. The van der Waals surface area contributed by atoms with Gasteiger partial charge in [-0.2, -0.15) is 0 Å². The van der Waals surface area contributed by atoms with E-state index in [0.717, 1.165) is 12.8 Å². The van der Waals surface area contributed by atoms with Gasteiger partial charge in [0.2, 0.25) is 0 Å². The maximum absolute atomic E-state index is 12.4. The van der Waals surface area contributed by atoms with Crippen molar-refractivity contribution in [1.82, 2.24) is 9.88 Å². The number of carbonyl (C=O) groups excluding carboxylic acids is 1. The first kappa shape index (κ1) is 12.5. The minimum Gasteiger partial charge on any atom is -0.383 e. The van der Waals surface area contributed by atoms with Gasteiger partial charge in [-0.1, -0.05) is 0 Å². The van der Waals surface area contributed by atoms with Crippen LogP contribution in [0.1, 0.15) is 23.2 Å². The molecular formula is C12H15BrN2O2. The number of aromatic nitrogens is 1. The normalized spacial score (nSPS) is 14.7. The van der Waals surface area contributed by atoms with Crippen molar-refractivity contribution in [2.45, 2.75) is 18.9 Å². The Morgan fingerprint density at radius 3 is 3.00 bits per heavy atom. The summed E-state index contributed by atoms with van der Waals surface area (Å²) in [5.41, 5.74) is 0.621. The molecule has 4 nitrogen and oxygen atoms in total. The van der Waals surface area contributed by atoms with E-state index in [9.17, 15) is 4.79 Å². The fourth-order valence-corrected chi connectivity index (χ4v) is 2.15. The first-order valence-corrected chi connectivity index (χ1v) is 6.43. The predicted octanol–water partition coefficient (Wildman–Crippen LogP) is 2.10. The van der Waals surface area contributed by atoms with Crippen molar-refractivity contribution in [1.29, 1.82) is 0 Å². The Hall–Kier alpha value is -0.940. The topological polar surface area (TPSA) is 42.4 Å². The molecule has 5 heteroatoms. The predicted molar refractivity (Wildman–Crippen MR) is 67.9 cm³/mol. The van der Waals surface area contributed by atoms with Gasteiger partial charge in [0, 0.05) is 25.9 Å². The van der Waals surface area contributed by atoms with Crippen molar-refractivity contribution in [3.05, 3.63) is 28.5 Å². The highest BCUT2D eigenvalue weighted by Crippen LogP contribution is 2.29. The zero-order valence-corrected chi connectivity index (χ0v) is 11.3. The summed E-state index contributed by atoms with van der Waals surface area (Å²) in [4.78, 5) is 18.3. The van der Waals surface area contributed by atoms with Crippen LogP contribution in [0.4, 0.5) is 0 Å². The summed E-state index contributed by atoms with van der Waals surface area (Å²) in [5.74, 6) is 0.0320. The second kappa shape index (κ2) is 5.60. The molecule has 1 fully saturated rings. The van der Waals surface area contributed by atoms with Crippen LogP contribution in [0.5, 0.6) is 0 Å². The minimum atomic E-state index is 0.0320. The van der Waals surface area contributed by atoms with Crippen LogP contribution < -0.4 is 0 Å². The Morgan fingerprint density at radius 1 is 1.65 bits per heavy atom. The molecular weight excluding hydrogens is 284 g/mol. The molecule has 0 spiro atoms. The zero-order chi connectivity index (χ0) is 12.3. The van der Waals surface area contributed by atoms with Crippen LogP contribution >= 0.6 is 15.9 Å². The number of rotatable bonds is 5. The molecule has 0 atom stereocenters. The smallest absolute Gasteiger partial charge is 0.256 e. The molecule has 0 radical (unpaired) electrons. The van der Waals surface area contributed by atoms with Gasteiger partial charge >= 0.3 is 0 Å². The van der Waals surface area contributed by atoms with Crippen molar-refractivity contribution in [3.8, 4) is 0 Å². The van der Waals surface area contributed by atoms with Crippen molar-refractivity contribution in [2.24, 2.45) is 0 Å². The number of hydrogen-bond donors (Lipinski definition) is 0. The second-order valence-corrected chi connectivity index (χ2v) is 4.82. The summed E-state index contributed by atoms with van der Waals surface area (Å²) in [7, 11) is 1.65. The lowest BCUT2D eigenvalue weighted by Crippen LogP contribution is -2.36. The number of methoxy groups -OCH3 is 1. The van der Waals surface area contributed by atoms with Gasteiger partial charge in [0.05, 0.1) is 12.2 Å². The minimum absolute atomic E-state index is 0.0320. The molecule has 1 saturated carbocycles. The summed E-state index contributed by atoms with van der Waals surface area (Å²) in [5, 5.41) is 0. The molecule has 0 N–H and O–H groups in total. The summed E-state index contributed by atoms with van der Waals surface area (Å²) in [6.45, 7) is 1.21. The third-order valence-corrected chi connectivity index (χ3v) is 3.41. The molecule has 17 heavy (non-hydrogen) atoms. The lowest BCUT2D eigenvalue weighted by molar-refractivity contribution is 0.0679. The summed E-state index contributed by atoms with van der Waals surface area (Å²) in [6, 6.07) is 3.95. The second-order valence-electron chi connectivity index (χ2n) is 4.06. The Morgan fingerprint density at radius 2 is 2.41 bits per heavy atom. The molecule has 0 unspecified atom stereocenters. The van der Waals surface area contributed by atoms with Crippen molar-refractivity contribution in [3.63, 3.8) is 0 Å². The largest absolute Gasteiger partial charge is 0.383 e. The van der Waals surface area contributed by atoms with Gasteiger partial charge in [0.25, 0.3) is 5.91 Å². The van der Waals surface area contributed by atoms with E-state index in [1.54, 1.807) is 25.4 Å². The highest BCUT2D eigenvalue weighted by atomic mass is 79.9. The Kier molecular flexibility index (Phi) is 4.12. The Balaban J connectivity index is 2.13. The lowest BCUT2D eigenvalue weighted by atomic mass is 10.2. The van der Waals surface area contributed by atoms with Gasteiger partial charge in [-0.25, -0.2) is 4.98 Å². The van der Waals surface area contributed by atoms with Crippen LogP contribution in [0.25, 0.3) is 0 Å². The van der Waals surface area contributed by atoms with Crippen molar-refractivity contribution >= 4 is 21.8 Å². The molecule has 0 aliphatic heterocycles. The number of amides is 1. The van der Waals surface area contributed by atoms with E-state index in [2.05, 4.69) is 20.9 Å². The van der Waals surface area contributed by atoms with Gasteiger partial charge in [-0.15, -0.1) is 0 Å². The molecule has 0 aromatic carbocycles. The SMILES string of the molecule is COCCN(C(=O)c1cccnc1Br)C1CC1. The average Bonchev–Trinajstić information content (AvgIpc) is 3.14. The van der Waals surface area contributed by atoms with Crippen LogP contribution in [0.2, 0.25) is 0 Å². The van der Waals surface area contributed by atoms with Crippen LogP contribution in [-0.4, -0.2) is 42.1 Å². The maximum atomic E-state index is 12.4. The zero-order valence-electron chi connectivity index (χ0n) is 9.73. The molecule has 1 heterocycles. The molecule has 0 saturated heterocycles. The third-order valence-electron chi connectivity index (χ3n) is 2.77. The fraction of sp³-hybridized carbons (Fsp3) is 0.500. The van der Waals surface area contributed by atoms with E-state index in [1.807, 2.05) is 4.90 Å². The summed E-state index contributed by atoms with van der Waals surface area (Å²) in [6.07, 6.45) is 3.85. The van der Waals surface area contributed by atoms with E-state index >= 15 is 0 Å². The highest BCUT2D eigenvalue weighted by molar-refractivity contribution is 9.10. The quantitative estimate of drug-likeness (QED) is 0.782. The summed E-state index contributed by atoms with van der Waals surface area (Å²) < 4.78 is 5.65. The highest BCUT2D eigenvalue weighted by Gasteiger charge is 2.33. The van der Waals surface area contributed by atoms with E-state index in [-0.39, 0.29) is 5.91 Å². The summed E-state index contributed by atoms with van der Waals surface area (Å²) >= 11 is 3.31. The molecule has 1 aromatic heterocycles. The van der Waals surface area contributed by atoms with E-state index in [0.29, 0.717) is 29.4 Å². The van der Waals surface area contributed by atoms with E-state index < -0.39 is 0 Å². The Labute approximate surface area is 109 Å². The van der Waals surface area contributed by atoms with Gasteiger partial charge < -0.3 is 9.64 Å². The lowest BCUT2D eigenvalue weighted by Gasteiger charge is -2.22. The van der Waals surface area contributed by atoms with Crippen molar-refractivity contribution < 1.29 is 9.53 Å². The Bertz CT molecular complexity index is 407. The maximum Gasteiger partial charge on any atom is 0.256 e. The van der Waals surface area contributed by atoms with Gasteiger partial charge in [0.1, 0.15) is 4.60 Å². The molecule has 1 amide bonds. The van der Waals surface area contributed by atoms with Crippen LogP contribution in [-0.2, 0) is 4.74 Å². The first-order valence-electron chi connectivity index (χ1n) is 5.64. The van der Waals surface area contributed by atoms with Crippen molar-refractivity contribution in [2.75, 3.05) is 20.3 Å².